The maximum Gasteiger partial charge on any atom is 0.265 e. The van der Waals surface area contributed by atoms with Crippen LogP contribution in [-0.2, 0) is 6.42 Å². The molecule has 1 N–H and O–H groups in total. The molecule has 0 fully saturated rings. The van der Waals surface area contributed by atoms with Gasteiger partial charge in [-0.2, -0.15) is 0 Å². The molecule has 0 radical (unpaired) electrons. The molecule has 50 heavy (non-hydrogen) atoms. The zero-order chi connectivity index (χ0) is 35.6. The van der Waals surface area contributed by atoms with Crippen LogP contribution in [-0.4, -0.2) is 40.2 Å². The van der Waals surface area contributed by atoms with E-state index >= 15 is 0 Å². The minimum absolute atomic E-state index is 0.0934. The van der Waals surface area contributed by atoms with Crippen LogP contribution in [0.4, 0.5) is 5.69 Å². The van der Waals surface area contributed by atoms with Gasteiger partial charge in [0.05, 0.1) is 5.69 Å². The highest BCUT2D eigenvalue weighted by molar-refractivity contribution is 6.39. The molecule has 0 bridgehead atoms. The van der Waals surface area contributed by atoms with E-state index in [0.29, 0.717) is 51.7 Å². The van der Waals surface area contributed by atoms with Crippen LogP contribution >= 0.6 is 0 Å². The van der Waals surface area contributed by atoms with E-state index in [0.717, 1.165) is 50.5 Å². The highest BCUT2D eigenvalue weighted by atomic mass is 16.3. The van der Waals surface area contributed by atoms with E-state index in [1.54, 1.807) is 36.4 Å². The van der Waals surface area contributed by atoms with Crippen LogP contribution in [0.1, 0.15) is 177 Å². The number of rotatable bonds is 21. The summed E-state index contributed by atoms with van der Waals surface area (Å²) in [6.45, 7) is 6.82. The second-order valence-electron chi connectivity index (χ2n) is 14.5. The third kappa shape index (κ3) is 8.14. The summed E-state index contributed by atoms with van der Waals surface area (Å²) in [5.41, 5.74) is 2.51. The Morgan fingerprint density at radius 2 is 1.02 bits per heavy atom. The topological polar surface area (TPSA) is 95.0 Å². The zero-order valence-electron chi connectivity index (χ0n) is 30.5. The van der Waals surface area contributed by atoms with Crippen molar-refractivity contribution in [2.45, 2.75) is 136 Å². The van der Waals surface area contributed by atoms with E-state index in [1.807, 2.05) is 0 Å². The van der Waals surface area contributed by atoms with Crippen LogP contribution in [0.5, 0.6) is 5.75 Å². The average molecular weight is 681 g/mol. The van der Waals surface area contributed by atoms with Crippen molar-refractivity contribution < 1.29 is 24.3 Å². The minimum Gasteiger partial charge on any atom is -0.508 e. The molecule has 1 unspecified atom stereocenters. The van der Waals surface area contributed by atoms with Crippen molar-refractivity contribution in [3.8, 4) is 5.75 Å². The normalized spacial score (nSPS) is 14.7. The lowest BCUT2D eigenvalue weighted by atomic mass is 9.85. The molecule has 7 heteroatoms. The Morgan fingerprint density at radius 3 is 1.50 bits per heavy atom. The molecular weight excluding hydrogens is 624 g/mol. The molecule has 0 aliphatic carbocycles. The van der Waals surface area contributed by atoms with Crippen LogP contribution in [0.15, 0.2) is 42.5 Å². The number of nitrogens with zero attached hydrogens (tertiary/aromatic N) is 2. The van der Waals surface area contributed by atoms with E-state index < -0.39 is 11.8 Å². The van der Waals surface area contributed by atoms with Crippen molar-refractivity contribution >= 4 is 40.1 Å². The number of phenolic OH excluding ortho intramolecular Hbond substituents is 1. The summed E-state index contributed by atoms with van der Waals surface area (Å²) in [6.07, 6.45) is 20.7. The van der Waals surface area contributed by atoms with Crippen LogP contribution in [0.2, 0.25) is 0 Å². The summed E-state index contributed by atoms with van der Waals surface area (Å²) in [5, 5.41) is 11.1. The van der Waals surface area contributed by atoms with Gasteiger partial charge in [0.2, 0.25) is 0 Å². The number of carbonyl (C=O) groups is 4. The molecule has 2 aliphatic rings. The molecule has 0 saturated heterocycles. The molecule has 2 heterocycles. The Bertz CT molecular complexity index is 1620. The van der Waals surface area contributed by atoms with Crippen LogP contribution in [0.3, 0.4) is 0 Å². The molecule has 0 spiro atoms. The highest BCUT2D eigenvalue weighted by Gasteiger charge is 2.41. The second kappa shape index (κ2) is 17.8. The van der Waals surface area contributed by atoms with Gasteiger partial charge in [-0.05, 0) is 73.2 Å². The van der Waals surface area contributed by atoms with Gasteiger partial charge in [-0.15, -0.1) is 0 Å². The zero-order valence-corrected chi connectivity index (χ0v) is 30.5. The number of hydrogen-bond acceptors (Lipinski definition) is 5. The largest absolute Gasteiger partial charge is 0.508 e. The summed E-state index contributed by atoms with van der Waals surface area (Å²) in [7, 11) is 0. The molecule has 3 aromatic carbocycles. The van der Waals surface area contributed by atoms with Gasteiger partial charge in [0.15, 0.2) is 0 Å². The fourth-order valence-electron chi connectivity index (χ4n) is 7.81. The summed E-state index contributed by atoms with van der Waals surface area (Å²) in [4.78, 5) is 58.4. The summed E-state index contributed by atoms with van der Waals surface area (Å²) < 4.78 is 0. The molecule has 1 atom stereocenters. The van der Waals surface area contributed by atoms with Crippen molar-refractivity contribution in [1.29, 1.82) is 0 Å². The number of carbonyl (C=O) groups excluding carboxylic acids is 4. The molecule has 5 rings (SSSR count). The van der Waals surface area contributed by atoms with Gasteiger partial charge in [0.25, 0.3) is 23.6 Å². The van der Waals surface area contributed by atoms with Crippen molar-refractivity contribution in [3.63, 3.8) is 0 Å². The van der Waals surface area contributed by atoms with Crippen molar-refractivity contribution in [2.75, 3.05) is 11.4 Å². The molecule has 4 amide bonds. The predicted octanol–water partition coefficient (Wildman–Crippen LogP) is 10.8. The standard InChI is InChI=1S/C43H56N2O5/c1-4-7-9-10-11-12-13-14-15-16-17-18-19-21-31-28-32(46)22-27-37(31)45-42(49)35-25-23-33-38-34(24-26-36(39(35)38)43(45)50)41(48)44(40(33)47)29-30(6-3)20-8-5-2/h22-28,30,46H,4-21,29H2,1-3H3. The van der Waals surface area contributed by atoms with E-state index in [4.69, 9.17) is 0 Å². The van der Waals surface area contributed by atoms with Crippen molar-refractivity contribution in [2.24, 2.45) is 5.92 Å². The number of amides is 4. The first-order valence-corrected chi connectivity index (χ1v) is 19.5. The van der Waals surface area contributed by atoms with E-state index in [-0.39, 0.29) is 23.5 Å². The number of imide groups is 2. The fraction of sp³-hybridized carbons (Fsp3) is 0.535. The lowest BCUT2D eigenvalue weighted by molar-refractivity contribution is 0.0578. The fourth-order valence-corrected chi connectivity index (χ4v) is 7.81. The first-order valence-electron chi connectivity index (χ1n) is 19.5. The first kappa shape index (κ1) is 37.3. The summed E-state index contributed by atoms with van der Waals surface area (Å²) >= 11 is 0. The summed E-state index contributed by atoms with van der Waals surface area (Å²) in [6, 6.07) is 11.3. The molecule has 2 aliphatic heterocycles. The summed E-state index contributed by atoms with van der Waals surface area (Å²) in [5.74, 6) is -1.42. The highest BCUT2D eigenvalue weighted by Crippen LogP contribution is 2.40. The van der Waals surface area contributed by atoms with Gasteiger partial charge >= 0.3 is 0 Å². The molecule has 0 aromatic heterocycles. The van der Waals surface area contributed by atoms with Gasteiger partial charge in [0.1, 0.15) is 5.75 Å². The van der Waals surface area contributed by atoms with Crippen molar-refractivity contribution in [1.82, 2.24) is 4.90 Å². The SMILES string of the molecule is CCCCCCCCCCCCCCCc1cc(O)ccc1N1C(=O)c2ccc3c4c(ccc(c24)C1=O)C(=O)N(CC(CC)CCCC)C3=O. The van der Waals surface area contributed by atoms with Crippen LogP contribution in [0, 0.1) is 5.92 Å². The number of benzene rings is 3. The van der Waals surface area contributed by atoms with Gasteiger partial charge in [-0.25, -0.2) is 4.90 Å². The van der Waals surface area contributed by atoms with Gasteiger partial charge < -0.3 is 5.11 Å². The number of aromatic hydroxyl groups is 1. The smallest absolute Gasteiger partial charge is 0.265 e. The Kier molecular flexibility index (Phi) is 13.2. The first-order chi connectivity index (χ1) is 24.3. The number of aryl methyl sites for hydroxylation is 1. The second-order valence-corrected chi connectivity index (χ2v) is 14.5. The van der Waals surface area contributed by atoms with Gasteiger partial charge in [-0.1, -0.05) is 117 Å². The molecule has 268 valence electrons. The van der Waals surface area contributed by atoms with Crippen molar-refractivity contribution in [3.05, 3.63) is 70.3 Å². The molecule has 0 saturated carbocycles. The lowest BCUT2D eigenvalue weighted by Crippen LogP contribution is -2.45. The molecule has 7 nitrogen and oxygen atoms in total. The lowest BCUT2D eigenvalue weighted by Gasteiger charge is -2.33. The Labute approximate surface area is 298 Å². The van der Waals surface area contributed by atoms with E-state index in [2.05, 4.69) is 20.8 Å². The van der Waals surface area contributed by atoms with Crippen LogP contribution in [0.25, 0.3) is 10.8 Å². The molecule has 3 aromatic rings. The van der Waals surface area contributed by atoms with Gasteiger partial charge in [-0.3, -0.25) is 24.1 Å². The Hall–Kier alpha value is -4.00. The third-order valence-electron chi connectivity index (χ3n) is 10.8. The third-order valence-corrected chi connectivity index (χ3v) is 10.8. The number of anilines is 1. The monoisotopic (exact) mass is 680 g/mol. The molecular formula is C43H56N2O5. The predicted molar refractivity (Wildman–Crippen MR) is 201 cm³/mol. The van der Waals surface area contributed by atoms with Crippen LogP contribution < -0.4 is 4.90 Å². The minimum atomic E-state index is -0.489. The maximum atomic E-state index is 14.1. The van der Waals surface area contributed by atoms with E-state index in [9.17, 15) is 24.3 Å². The number of phenols is 1. The average Bonchev–Trinajstić information content (AvgIpc) is 3.12. The Morgan fingerprint density at radius 1 is 0.560 bits per heavy atom. The number of hydrogen-bond donors (Lipinski definition) is 1. The quantitative estimate of drug-likeness (QED) is 0.0892. The maximum absolute atomic E-state index is 14.1. The van der Waals surface area contributed by atoms with E-state index in [1.165, 1.54) is 80.1 Å². The number of unbranched alkanes of at least 4 members (excludes halogenated alkanes) is 13. The van der Waals surface area contributed by atoms with Gasteiger partial charge in [0, 0.05) is 39.6 Å². The Balaban J connectivity index is 1.27.